The van der Waals surface area contributed by atoms with Gasteiger partial charge in [-0.05, 0) is 55.0 Å². The Labute approximate surface area is 144 Å². The van der Waals surface area contributed by atoms with Crippen molar-refractivity contribution in [2.24, 2.45) is 0 Å². The summed E-state index contributed by atoms with van der Waals surface area (Å²) in [4.78, 5) is 12.1. The Hall–Kier alpha value is -2.07. The average Bonchev–Trinajstić information content (AvgIpc) is 2.61. The molecule has 0 heterocycles. The monoisotopic (exact) mass is 370 g/mol. The lowest BCUT2D eigenvalue weighted by Crippen LogP contribution is -2.37. The highest BCUT2D eigenvalue weighted by Crippen LogP contribution is 2.30. The van der Waals surface area contributed by atoms with Crippen molar-refractivity contribution in [2.45, 2.75) is 25.2 Å². The van der Waals surface area contributed by atoms with E-state index >= 15 is 0 Å². The van der Waals surface area contributed by atoms with E-state index in [2.05, 4.69) is 57.1 Å². The largest absolute Gasteiger partial charge is 0.303 e. The maximum Gasteiger partial charge on any atom is 0.269 e. The van der Waals surface area contributed by atoms with Gasteiger partial charge in [0.05, 0.1) is 0 Å². The molecule has 3 rings (SSSR count). The molecule has 0 spiro atoms. The fourth-order valence-electron chi connectivity index (χ4n) is 2.79. The number of halogens is 1. The fraction of sp³-hybridized carbons (Fsp3) is 0.211. The average molecular weight is 371 g/mol. The number of hydrogen-bond donors (Lipinski definition) is 2. The van der Waals surface area contributed by atoms with Crippen LogP contribution in [-0.2, 0) is 0 Å². The third-order valence-electron chi connectivity index (χ3n) is 4.12. The van der Waals surface area contributed by atoms with Gasteiger partial charge in [-0.15, -0.1) is 0 Å². The number of allylic oxidation sites excluding steroid dienone is 2. The second kappa shape index (κ2) is 7.47. The molecule has 4 heteroatoms. The highest BCUT2D eigenvalue weighted by atomic mass is 79.9. The quantitative estimate of drug-likeness (QED) is 0.775. The number of rotatable bonds is 4. The van der Waals surface area contributed by atoms with E-state index < -0.39 is 0 Å². The minimum Gasteiger partial charge on any atom is -0.303 e. The SMILES string of the molecule is O=C(NNC1=CCC(c2ccccc2)CC1)c1ccc(Br)cc1. The number of amides is 1. The van der Waals surface area contributed by atoms with Gasteiger partial charge in [-0.25, -0.2) is 0 Å². The molecule has 23 heavy (non-hydrogen) atoms. The maximum absolute atomic E-state index is 12.1. The lowest BCUT2D eigenvalue weighted by Gasteiger charge is -2.23. The lowest BCUT2D eigenvalue weighted by atomic mass is 9.87. The molecular weight excluding hydrogens is 352 g/mol. The van der Waals surface area contributed by atoms with Gasteiger partial charge in [0.1, 0.15) is 0 Å². The molecule has 2 aromatic carbocycles. The van der Waals surface area contributed by atoms with Crippen LogP contribution in [0.1, 0.15) is 41.1 Å². The van der Waals surface area contributed by atoms with Crippen LogP contribution in [0, 0.1) is 0 Å². The summed E-state index contributed by atoms with van der Waals surface area (Å²) in [6, 6.07) is 17.9. The van der Waals surface area contributed by atoms with E-state index in [4.69, 9.17) is 0 Å². The van der Waals surface area contributed by atoms with Gasteiger partial charge in [0.25, 0.3) is 5.91 Å². The van der Waals surface area contributed by atoms with E-state index in [1.807, 2.05) is 18.2 Å². The Morgan fingerprint density at radius 1 is 1.04 bits per heavy atom. The Bertz CT molecular complexity index is 695. The van der Waals surface area contributed by atoms with Crippen LogP contribution in [0.3, 0.4) is 0 Å². The first kappa shape index (κ1) is 15.8. The van der Waals surface area contributed by atoms with Crippen molar-refractivity contribution in [1.29, 1.82) is 0 Å². The van der Waals surface area contributed by atoms with Gasteiger partial charge in [-0.1, -0.05) is 52.3 Å². The van der Waals surface area contributed by atoms with Crippen molar-refractivity contribution in [3.63, 3.8) is 0 Å². The molecule has 2 N–H and O–H groups in total. The number of benzene rings is 2. The Balaban J connectivity index is 1.53. The molecule has 0 radical (unpaired) electrons. The predicted octanol–water partition coefficient (Wildman–Crippen LogP) is 4.54. The minimum atomic E-state index is -0.122. The van der Waals surface area contributed by atoms with Gasteiger partial charge in [0.2, 0.25) is 0 Å². The summed E-state index contributed by atoms with van der Waals surface area (Å²) in [5.41, 5.74) is 8.94. The zero-order chi connectivity index (χ0) is 16.1. The molecule has 2 aromatic rings. The summed E-state index contributed by atoms with van der Waals surface area (Å²) in [6.45, 7) is 0. The van der Waals surface area contributed by atoms with Gasteiger partial charge >= 0.3 is 0 Å². The van der Waals surface area contributed by atoms with E-state index in [9.17, 15) is 4.79 Å². The smallest absolute Gasteiger partial charge is 0.269 e. The van der Waals surface area contributed by atoms with Crippen molar-refractivity contribution < 1.29 is 4.79 Å². The van der Waals surface area contributed by atoms with E-state index in [-0.39, 0.29) is 5.91 Å². The standard InChI is InChI=1S/C19H19BrN2O/c20-17-10-6-16(7-11-17)19(23)22-21-18-12-8-15(9-13-18)14-4-2-1-3-5-14/h1-7,10-12,15,21H,8-9,13H2,(H,22,23). The second-order valence-electron chi connectivity index (χ2n) is 5.70. The van der Waals surface area contributed by atoms with Gasteiger partial charge in [0.15, 0.2) is 0 Å². The first-order chi connectivity index (χ1) is 11.2. The third kappa shape index (κ3) is 4.23. The topological polar surface area (TPSA) is 41.1 Å². The highest BCUT2D eigenvalue weighted by Gasteiger charge is 2.16. The molecule has 0 aromatic heterocycles. The number of carbonyl (C=O) groups is 1. The van der Waals surface area contributed by atoms with Gasteiger partial charge in [0, 0.05) is 15.7 Å². The number of hydrazine groups is 1. The molecule has 1 atom stereocenters. The molecule has 0 bridgehead atoms. The molecule has 0 saturated heterocycles. The van der Waals surface area contributed by atoms with Crippen molar-refractivity contribution in [1.82, 2.24) is 10.9 Å². The van der Waals surface area contributed by atoms with E-state index in [0.29, 0.717) is 11.5 Å². The van der Waals surface area contributed by atoms with Crippen LogP contribution in [0.5, 0.6) is 0 Å². The Morgan fingerprint density at radius 2 is 1.78 bits per heavy atom. The van der Waals surface area contributed by atoms with Crippen LogP contribution in [0.4, 0.5) is 0 Å². The van der Waals surface area contributed by atoms with Crippen LogP contribution in [0.15, 0.2) is 70.8 Å². The summed E-state index contributed by atoms with van der Waals surface area (Å²) in [6.07, 6.45) is 5.22. The van der Waals surface area contributed by atoms with Crippen molar-refractivity contribution in [2.75, 3.05) is 0 Å². The highest BCUT2D eigenvalue weighted by molar-refractivity contribution is 9.10. The van der Waals surface area contributed by atoms with E-state index in [1.54, 1.807) is 12.1 Å². The van der Waals surface area contributed by atoms with E-state index in [1.165, 1.54) is 5.56 Å². The molecule has 1 unspecified atom stereocenters. The van der Waals surface area contributed by atoms with Gasteiger partial charge < -0.3 is 5.43 Å². The number of carbonyl (C=O) groups excluding carboxylic acids is 1. The first-order valence-electron chi connectivity index (χ1n) is 7.78. The normalized spacial score (nSPS) is 17.3. The zero-order valence-corrected chi connectivity index (χ0v) is 14.3. The molecule has 0 aliphatic heterocycles. The van der Waals surface area contributed by atoms with Crippen LogP contribution in [0.25, 0.3) is 0 Å². The maximum atomic E-state index is 12.1. The third-order valence-corrected chi connectivity index (χ3v) is 4.65. The van der Waals surface area contributed by atoms with Crippen molar-refractivity contribution in [3.05, 3.63) is 82.0 Å². The Kier molecular flexibility index (Phi) is 5.13. The number of hydrogen-bond acceptors (Lipinski definition) is 2. The second-order valence-corrected chi connectivity index (χ2v) is 6.61. The first-order valence-corrected chi connectivity index (χ1v) is 8.57. The molecule has 0 fully saturated rings. The van der Waals surface area contributed by atoms with Gasteiger partial charge in [-0.3, -0.25) is 10.2 Å². The summed E-state index contributed by atoms with van der Waals surface area (Å²) >= 11 is 3.36. The number of nitrogens with one attached hydrogen (secondary N) is 2. The van der Waals surface area contributed by atoms with Crippen LogP contribution >= 0.6 is 15.9 Å². The van der Waals surface area contributed by atoms with Crippen LogP contribution < -0.4 is 10.9 Å². The molecule has 1 amide bonds. The van der Waals surface area contributed by atoms with Crippen LogP contribution in [-0.4, -0.2) is 5.91 Å². The lowest BCUT2D eigenvalue weighted by molar-refractivity contribution is 0.0938. The molecule has 0 saturated carbocycles. The van der Waals surface area contributed by atoms with Gasteiger partial charge in [-0.2, -0.15) is 0 Å². The van der Waals surface area contributed by atoms with Crippen molar-refractivity contribution >= 4 is 21.8 Å². The van der Waals surface area contributed by atoms with Crippen molar-refractivity contribution in [3.8, 4) is 0 Å². The zero-order valence-electron chi connectivity index (χ0n) is 12.8. The fourth-order valence-corrected chi connectivity index (χ4v) is 3.05. The molecule has 1 aliphatic carbocycles. The minimum absolute atomic E-state index is 0.122. The summed E-state index contributed by atoms with van der Waals surface area (Å²) in [7, 11) is 0. The summed E-state index contributed by atoms with van der Waals surface area (Å²) < 4.78 is 0.962. The molecular formula is C19H19BrN2O. The summed E-state index contributed by atoms with van der Waals surface area (Å²) in [5.74, 6) is 0.451. The molecule has 118 valence electrons. The Morgan fingerprint density at radius 3 is 2.43 bits per heavy atom. The molecule has 1 aliphatic rings. The van der Waals surface area contributed by atoms with E-state index in [0.717, 1.165) is 29.4 Å². The van der Waals surface area contributed by atoms with Crippen LogP contribution in [0.2, 0.25) is 0 Å². The molecule has 3 nitrogen and oxygen atoms in total. The summed E-state index contributed by atoms with van der Waals surface area (Å²) in [5, 5.41) is 0. The predicted molar refractivity (Wildman–Crippen MR) is 95.9 cm³/mol.